The van der Waals surface area contributed by atoms with E-state index < -0.39 is 37.7 Å². The smallest absolute Gasteiger partial charge is 0.266 e. The van der Waals surface area contributed by atoms with Crippen LogP contribution in [-0.2, 0) is 20.0 Å². The first-order valence-corrected chi connectivity index (χ1v) is 14.4. The summed E-state index contributed by atoms with van der Waals surface area (Å²) in [7, 11) is -3.45. The van der Waals surface area contributed by atoms with Crippen LogP contribution in [0.2, 0.25) is 0 Å². The number of nitriles is 1. The minimum absolute atomic E-state index is 0.0280. The van der Waals surface area contributed by atoms with E-state index in [-0.39, 0.29) is 29.6 Å². The monoisotopic (exact) mass is 560 g/mol. The van der Waals surface area contributed by atoms with Crippen LogP contribution in [-0.4, -0.2) is 81.6 Å². The number of sulfone groups is 1. The summed E-state index contributed by atoms with van der Waals surface area (Å²) in [6.07, 6.45) is -1.15. The van der Waals surface area contributed by atoms with Crippen LogP contribution in [0.3, 0.4) is 0 Å². The van der Waals surface area contributed by atoms with Crippen LogP contribution in [0.15, 0.2) is 12.4 Å². The van der Waals surface area contributed by atoms with Gasteiger partial charge in [-0.2, -0.15) is 5.26 Å². The molecule has 2 fully saturated rings. The van der Waals surface area contributed by atoms with Gasteiger partial charge in [-0.1, -0.05) is 13.8 Å². The van der Waals surface area contributed by atoms with Crippen LogP contribution >= 0.6 is 0 Å². The van der Waals surface area contributed by atoms with Gasteiger partial charge in [-0.3, -0.25) is 4.79 Å². The summed E-state index contributed by atoms with van der Waals surface area (Å²) < 4.78 is 50.6. The maximum atomic E-state index is 13.6. The molecule has 3 aliphatic rings. The van der Waals surface area contributed by atoms with Crippen LogP contribution in [0.1, 0.15) is 64.3 Å². The van der Waals surface area contributed by atoms with Gasteiger partial charge in [0.15, 0.2) is 21.3 Å². The van der Waals surface area contributed by atoms with Crippen molar-refractivity contribution in [2.75, 3.05) is 35.2 Å². The molecule has 14 heteroatoms. The summed E-state index contributed by atoms with van der Waals surface area (Å²) in [5, 5.41) is 16.9. The van der Waals surface area contributed by atoms with E-state index in [1.165, 1.54) is 19.3 Å². The predicted molar refractivity (Wildman–Crippen MR) is 139 cm³/mol. The van der Waals surface area contributed by atoms with Gasteiger partial charge in [-0.05, 0) is 33.3 Å². The highest BCUT2D eigenvalue weighted by atomic mass is 32.2. The Hall–Kier alpha value is -3.47. The molecule has 0 bridgehead atoms. The molecule has 0 radical (unpaired) electrons. The van der Waals surface area contributed by atoms with Gasteiger partial charge >= 0.3 is 0 Å². The second-order valence-corrected chi connectivity index (χ2v) is 13.9. The normalized spacial score (nSPS) is 27.2. The van der Waals surface area contributed by atoms with Gasteiger partial charge in [-0.25, -0.2) is 27.2 Å². The summed E-state index contributed by atoms with van der Waals surface area (Å²) in [6.45, 7) is 10.5. The molecular weight excluding hydrogens is 530 g/mol. The van der Waals surface area contributed by atoms with Crippen molar-refractivity contribution in [1.29, 1.82) is 5.26 Å². The minimum Gasteiger partial charge on any atom is -0.350 e. The zero-order valence-corrected chi connectivity index (χ0v) is 23.2. The van der Waals surface area contributed by atoms with E-state index in [9.17, 15) is 22.0 Å². The van der Waals surface area contributed by atoms with E-state index >= 15 is 0 Å². The molecular formula is C25H30F2N8O3S. The zero-order valence-electron chi connectivity index (χ0n) is 22.4. The molecule has 0 spiro atoms. The Morgan fingerprint density at radius 2 is 1.82 bits per heavy atom. The van der Waals surface area contributed by atoms with E-state index in [1.807, 2.05) is 27.7 Å². The van der Waals surface area contributed by atoms with Crippen molar-refractivity contribution in [2.45, 2.75) is 69.7 Å². The van der Waals surface area contributed by atoms with Crippen LogP contribution in [0, 0.1) is 11.3 Å². The lowest BCUT2D eigenvalue weighted by Crippen LogP contribution is -2.66. The first kappa shape index (κ1) is 27.1. The number of fused-ring (bicyclic) bond motifs is 1. The summed E-state index contributed by atoms with van der Waals surface area (Å²) in [5.74, 6) is 1.00. The van der Waals surface area contributed by atoms with Gasteiger partial charge in [0.1, 0.15) is 28.8 Å². The van der Waals surface area contributed by atoms with Gasteiger partial charge in [0.05, 0.1) is 11.3 Å². The highest BCUT2D eigenvalue weighted by molar-refractivity contribution is 7.95. The lowest BCUT2D eigenvalue weighted by Gasteiger charge is -2.49. The number of rotatable bonds is 4. The van der Waals surface area contributed by atoms with Gasteiger partial charge < -0.3 is 14.7 Å². The summed E-state index contributed by atoms with van der Waals surface area (Å²) in [6, 6.07) is 2.38. The number of aromatic nitrogens is 4. The summed E-state index contributed by atoms with van der Waals surface area (Å²) >= 11 is 0. The van der Waals surface area contributed by atoms with E-state index in [0.717, 1.165) is 5.56 Å². The zero-order chi connectivity index (χ0) is 28.5. The van der Waals surface area contributed by atoms with Crippen molar-refractivity contribution < 1.29 is 22.0 Å². The number of carbonyl (C=O) groups excluding carboxylic acids is 1. The molecule has 39 heavy (non-hydrogen) atoms. The Morgan fingerprint density at radius 3 is 2.41 bits per heavy atom. The third-order valence-corrected chi connectivity index (χ3v) is 10.7. The van der Waals surface area contributed by atoms with Gasteiger partial charge in [0, 0.05) is 42.7 Å². The number of anilines is 3. The Bertz CT molecular complexity index is 1490. The third-order valence-electron chi connectivity index (χ3n) is 8.23. The van der Waals surface area contributed by atoms with Crippen LogP contribution in [0.4, 0.5) is 26.2 Å². The molecule has 0 saturated carbocycles. The maximum absolute atomic E-state index is 13.6. The molecule has 208 valence electrons. The first-order valence-electron chi connectivity index (χ1n) is 12.7. The van der Waals surface area contributed by atoms with Crippen molar-refractivity contribution in [3.8, 4) is 6.07 Å². The Labute approximate surface area is 225 Å². The fourth-order valence-electron chi connectivity index (χ4n) is 5.74. The van der Waals surface area contributed by atoms with Crippen LogP contribution in [0.25, 0.3) is 0 Å². The average Bonchev–Trinajstić information content (AvgIpc) is 3.18. The Morgan fingerprint density at radius 1 is 1.13 bits per heavy atom. The van der Waals surface area contributed by atoms with Crippen molar-refractivity contribution in [1.82, 2.24) is 25.1 Å². The SMILES string of the molecule is C[C@@H]1CN(c2ncnc3c2C(C)(C)CN3c2cc(C(F)F)c(C#N)nn2)[C@@H](C)CN1C(=O)C1(C)CCS1(=O)=O. The second kappa shape index (κ2) is 9.04. The predicted octanol–water partition coefficient (Wildman–Crippen LogP) is 2.51. The Kier molecular flexibility index (Phi) is 6.28. The molecule has 5 heterocycles. The van der Waals surface area contributed by atoms with Gasteiger partial charge in [0.2, 0.25) is 5.91 Å². The standard InChI is InChI=1S/C25H30F2N8O3S/c1-14-11-34(23(36)25(5)6-7-39(25,37)38)15(2)10-33(14)21-19-22(30-13-29-21)35(12-24(19,3)4)18-8-16(20(26)27)17(9-28)31-32-18/h8,13-15,20H,6-7,10-12H2,1-5H3/t14-,15+,25?/m0/s1. The van der Waals surface area contributed by atoms with E-state index in [2.05, 4.69) is 25.1 Å². The molecule has 1 unspecified atom stereocenters. The number of nitrogens with zero attached hydrogens (tertiary/aromatic N) is 8. The number of amides is 1. The minimum atomic E-state index is -3.45. The molecule has 3 aliphatic heterocycles. The number of carbonyl (C=O) groups is 1. The molecule has 0 aliphatic carbocycles. The lowest BCUT2D eigenvalue weighted by molar-refractivity contribution is -0.137. The number of halogens is 2. The molecule has 3 atom stereocenters. The second-order valence-electron chi connectivity index (χ2n) is 11.4. The van der Waals surface area contributed by atoms with E-state index in [4.69, 9.17) is 5.26 Å². The van der Waals surface area contributed by atoms with Crippen molar-refractivity contribution in [3.63, 3.8) is 0 Å². The topological polar surface area (TPSA) is 136 Å². The maximum Gasteiger partial charge on any atom is 0.266 e. The molecule has 2 aromatic rings. The van der Waals surface area contributed by atoms with Gasteiger partial charge in [-0.15, -0.1) is 10.2 Å². The largest absolute Gasteiger partial charge is 0.350 e. The molecule has 0 aromatic carbocycles. The number of hydrogen-bond donors (Lipinski definition) is 0. The number of alkyl halides is 2. The van der Waals surface area contributed by atoms with Crippen LogP contribution in [0.5, 0.6) is 0 Å². The number of piperazine rings is 1. The fourth-order valence-corrected chi connectivity index (χ4v) is 7.27. The van der Waals surface area contributed by atoms with E-state index in [0.29, 0.717) is 37.7 Å². The molecule has 1 amide bonds. The first-order chi connectivity index (χ1) is 18.2. The molecule has 11 nitrogen and oxygen atoms in total. The highest BCUT2D eigenvalue weighted by Crippen LogP contribution is 2.47. The van der Waals surface area contributed by atoms with Crippen LogP contribution < -0.4 is 9.80 Å². The summed E-state index contributed by atoms with van der Waals surface area (Å²) in [4.78, 5) is 27.9. The van der Waals surface area contributed by atoms with E-state index in [1.54, 1.807) is 15.9 Å². The quantitative estimate of drug-likeness (QED) is 0.549. The highest BCUT2D eigenvalue weighted by Gasteiger charge is 2.57. The lowest BCUT2D eigenvalue weighted by atomic mass is 9.87. The van der Waals surface area contributed by atoms with Gasteiger partial charge in [0.25, 0.3) is 6.43 Å². The molecule has 5 rings (SSSR count). The fraction of sp³-hybridized carbons (Fsp3) is 0.600. The Balaban J connectivity index is 1.48. The molecule has 2 aromatic heterocycles. The number of hydrogen-bond acceptors (Lipinski definition) is 10. The van der Waals surface area contributed by atoms with Crippen molar-refractivity contribution in [2.24, 2.45) is 0 Å². The summed E-state index contributed by atoms with van der Waals surface area (Å²) in [5.41, 5.74) is -0.610. The van der Waals surface area contributed by atoms with Crippen molar-refractivity contribution in [3.05, 3.63) is 29.2 Å². The van der Waals surface area contributed by atoms with Crippen molar-refractivity contribution >= 4 is 33.2 Å². The third kappa shape index (κ3) is 4.09. The molecule has 0 N–H and O–H groups in total. The average molecular weight is 561 g/mol. The molecule has 2 saturated heterocycles.